The number of rotatable bonds is 4. The summed E-state index contributed by atoms with van der Waals surface area (Å²) >= 11 is 0. The van der Waals surface area contributed by atoms with Crippen molar-refractivity contribution in [3.05, 3.63) is 29.3 Å². The van der Waals surface area contributed by atoms with Crippen LogP contribution in [0.5, 0.6) is 5.75 Å². The van der Waals surface area contributed by atoms with Crippen LogP contribution in [0, 0.1) is 0 Å². The SMILES string of the molecule is CC(C)NCc1ccc(C(=O)O)c(O)c1. The molecule has 1 aromatic carbocycles. The van der Waals surface area contributed by atoms with E-state index in [1.54, 1.807) is 6.07 Å². The highest BCUT2D eigenvalue weighted by Gasteiger charge is 2.09. The first-order valence-electron chi connectivity index (χ1n) is 4.79. The van der Waals surface area contributed by atoms with Gasteiger partial charge in [0.1, 0.15) is 11.3 Å². The number of carboxylic acid groups (broad SMARTS) is 1. The molecule has 0 aliphatic rings. The standard InChI is InChI=1S/C11H15NO3/c1-7(2)12-6-8-3-4-9(11(14)15)10(13)5-8/h3-5,7,12-13H,6H2,1-2H3,(H,14,15). The predicted molar refractivity (Wildman–Crippen MR) is 57.0 cm³/mol. The quantitative estimate of drug-likeness (QED) is 0.704. The number of aromatic carboxylic acids is 1. The van der Waals surface area contributed by atoms with Gasteiger partial charge in [-0.25, -0.2) is 4.79 Å². The number of hydrogen-bond donors (Lipinski definition) is 3. The van der Waals surface area contributed by atoms with E-state index in [1.807, 2.05) is 13.8 Å². The molecular weight excluding hydrogens is 194 g/mol. The van der Waals surface area contributed by atoms with Crippen molar-refractivity contribution < 1.29 is 15.0 Å². The zero-order chi connectivity index (χ0) is 11.4. The van der Waals surface area contributed by atoms with Gasteiger partial charge in [-0.2, -0.15) is 0 Å². The van der Waals surface area contributed by atoms with Crippen LogP contribution in [0.15, 0.2) is 18.2 Å². The van der Waals surface area contributed by atoms with E-state index in [4.69, 9.17) is 5.11 Å². The molecule has 0 amide bonds. The summed E-state index contributed by atoms with van der Waals surface area (Å²) in [6, 6.07) is 4.93. The summed E-state index contributed by atoms with van der Waals surface area (Å²) in [5, 5.41) is 21.3. The molecule has 1 aromatic rings. The van der Waals surface area contributed by atoms with Crippen molar-refractivity contribution in [1.29, 1.82) is 0 Å². The topological polar surface area (TPSA) is 69.6 Å². The normalized spacial score (nSPS) is 10.6. The molecule has 0 spiro atoms. The van der Waals surface area contributed by atoms with Gasteiger partial charge in [0.2, 0.25) is 0 Å². The molecule has 0 fully saturated rings. The molecule has 0 saturated carbocycles. The van der Waals surface area contributed by atoms with E-state index in [1.165, 1.54) is 12.1 Å². The van der Waals surface area contributed by atoms with Crippen molar-refractivity contribution in [2.24, 2.45) is 0 Å². The van der Waals surface area contributed by atoms with E-state index in [9.17, 15) is 9.90 Å². The Balaban J connectivity index is 2.78. The van der Waals surface area contributed by atoms with E-state index in [-0.39, 0.29) is 11.3 Å². The summed E-state index contributed by atoms with van der Waals surface area (Å²) in [4.78, 5) is 10.6. The summed E-state index contributed by atoms with van der Waals surface area (Å²) in [6.07, 6.45) is 0. The number of nitrogens with one attached hydrogen (secondary N) is 1. The Morgan fingerprint density at radius 3 is 2.60 bits per heavy atom. The van der Waals surface area contributed by atoms with E-state index in [0.717, 1.165) is 5.56 Å². The van der Waals surface area contributed by atoms with Gasteiger partial charge in [-0.05, 0) is 17.7 Å². The van der Waals surface area contributed by atoms with Gasteiger partial charge in [0, 0.05) is 12.6 Å². The summed E-state index contributed by atoms with van der Waals surface area (Å²) in [6.45, 7) is 4.65. The molecule has 0 aromatic heterocycles. The number of benzene rings is 1. The Morgan fingerprint density at radius 1 is 1.47 bits per heavy atom. The van der Waals surface area contributed by atoms with Crippen LogP contribution < -0.4 is 5.32 Å². The molecule has 82 valence electrons. The van der Waals surface area contributed by atoms with Gasteiger partial charge < -0.3 is 15.5 Å². The van der Waals surface area contributed by atoms with Crippen LogP contribution in [0.1, 0.15) is 29.8 Å². The summed E-state index contributed by atoms with van der Waals surface area (Å²) in [7, 11) is 0. The zero-order valence-corrected chi connectivity index (χ0v) is 8.82. The fraction of sp³-hybridized carbons (Fsp3) is 0.364. The number of carboxylic acids is 1. The third-order valence-corrected chi connectivity index (χ3v) is 2.01. The predicted octanol–water partition coefficient (Wildman–Crippen LogP) is 1.59. The molecule has 0 aliphatic carbocycles. The zero-order valence-electron chi connectivity index (χ0n) is 8.82. The molecule has 0 heterocycles. The van der Waals surface area contributed by atoms with Gasteiger partial charge in [-0.15, -0.1) is 0 Å². The number of aromatic hydroxyl groups is 1. The molecule has 15 heavy (non-hydrogen) atoms. The second-order valence-corrected chi connectivity index (χ2v) is 3.69. The van der Waals surface area contributed by atoms with Gasteiger partial charge >= 0.3 is 5.97 Å². The van der Waals surface area contributed by atoms with Crippen molar-refractivity contribution in [2.45, 2.75) is 26.4 Å². The lowest BCUT2D eigenvalue weighted by molar-refractivity contribution is 0.0693. The lowest BCUT2D eigenvalue weighted by Gasteiger charge is -2.08. The van der Waals surface area contributed by atoms with E-state index >= 15 is 0 Å². The third-order valence-electron chi connectivity index (χ3n) is 2.01. The minimum atomic E-state index is -1.11. The monoisotopic (exact) mass is 209 g/mol. The van der Waals surface area contributed by atoms with E-state index in [2.05, 4.69) is 5.32 Å². The molecule has 0 unspecified atom stereocenters. The maximum atomic E-state index is 10.6. The lowest BCUT2D eigenvalue weighted by Crippen LogP contribution is -2.21. The largest absolute Gasteiger partial charge is 0.507 e. The fourth-order valence-electron chi connectivity index (χ4n) is 1.19. The van der Waals surface area contributed by atoms with Crippen LogP contribution in [0.4, 0.5) is 0 Å². The van der Waals surface area contributed by atoms with Crippen LogP contribution in [-0.2, 0) is 6.54 Å². The van der Waals surface area contributed by atoms with Gasteiger partial charge in [-0.3, -0.25) is 0 Å². The van der Waals surface area contributed by atoms with Crippen molar-refractivity contribution in [3.8, 4) is 5.75 Å². The molecular formula is C11H15NO3. The van der Waals surface area contributed by atoms with E-state index < -0.39 is 5.97 Å². The first-order valence-corrected chi connectivity index (χ1v) is 4.79. The van der Waals surface area contributed by atoms with Crippen molar-refractivity contribution in [1.82, 2.24) is 5.32 Å². The molecule has 0 bridgehead atoms. The van der Waals surface area contributed by atoms with Crippen LogP contribution in [0.2, 0.25) is 0 Å². The molecule has 0 atom stereocenters. The fourth-order valence-corrected chi connectivity index (χ4v) is 1.19. The summed E-state index contributed by atoms with van der Waals surface area (Å²) in [5.41, 5.74) is 0.800. The molecule has 0 aliphatic heterocycles. The van der Waals surface area contributed by atoms with Gasteiger partial charge in [-0.1, -0.05) is 19.9 Å². The van der Waals surface area contributed by atoms with Crippen LogP contribution in [0.3, 0.4) is 0 Å². The maximum Gasteiger partial charge on any atom is 0.339 e. The van der Waals surface area contributed by atoms with Gasteiger partial charge in [0.15, 0.2) is 0 Å². The molecule has 1 rings (SSSR count). The average Bonchev–Trinajstić information content (AvgIpc) is 2.14. The van der Waals surface area contributed by atoms with E-state index in [0.29, 0.717) is 12.6 Å². The minimum absolute atomic E-state index is 0.0664. The van der Waals surface area contributed by atoms with Gasteiger partial charge in [0.05, 0.1) is 0 Å². The van der Waals surface area contributed by atoms with Crippen LogP contribution in [0.25, 0.3) is 0 Å². The van der Waals surface area contributed by atoms with Crippen molar-refractivity contribution in [2.75, 3.05) is 0 Å². The van der Waals surface area contributed by atoms with Crippen LogP contribution in [-0.4, -0.2) is 22.2 Å². The van der Waals surface area contributed by atoms with Gasteiger partial charge in [0.25, 0.3) is 0 Å². The third kappa shape index (κ3) is 3.25. The smallest absolute Gasteiger partial charge is 0.339 e. The number of phenols is 1. The lowest BCUT2D eigenvalue weighted by atomic mass is 10.1. The Kier molecular flexibility index (Phi) is 3.68. The van der Waals surface area contributed by atoms with Crippen LogP contribution >= 0.6 is 0 Å². The highest BCUT2D eigenvalue weighted by atomic mass is 16.4. The number of carbonyl (C=O) groups is 1. The summed E-state index contributed by atoms with van der Waals surface area (Å²) in [5.74, 6) is -1.30. The first-order chi connectivity index (χ1) is 7.00. The first kappa shape index (κ1) is 11.5. The summed E-state index contributed by atoms with van der Waals surface area (Å²) < 4.78 is 0. The Hall–Kier alpha value is -1.55. The second kappa shape index (κ2) is 4.79. The Morgan fingerprint density at radius 2 is 2.13 bits per heavy atom. The highest BCUT2D eigenvalue weighted by Crippen LogP contribution is 2.18. The second-order valence-electron chi connectivity index (χ2n) is 3.69. The highest BCUT2D eigenvalue weighted by molar-refractivity contribution is 5.90. The molecule has 0 radical (unpaired) electrons. The molecule has 0 saturated heterocycles. The average molecular weight is 209 g/mol. The minimum Gasteiger partial charge on any atom is -0.507 e. The maximum absolute atomic E-state index is 10.6. The van der Waals surface area contributed by atoms with Crippen molar-refractivity contribution >= 4 is 5.97 Å². The Bertz CT molecular complexity index is 361. The Labute approximate surface area is 88.6 Å². The molecule has 3 N–H and O–H groups in total. The van der Waals surface area contributed by atoms with Crippen molar-refractivity contribution in [3.63, 3.8) is 0 Å². The molecule has 4 nitrogen and oxygen atoms in total. The number of hydrogen-bond acceptors (Lipinski definition) is 3. The molecule has 4 heteroatoms.